The van der Waals surface area contributed by atoms with Gasteiger partial charge in [-0.2, -0.15) is 5.26 Å². The summed E-state index contributed by atoms with van der Waals surface area (Å²) in [5.41, 5.74) is 3.43. The molecule has 2 aromatic rings. The third kappa shape index (κ3) is 5.47. The van der Waals surface area contributed by atoms with Crippen LogP contribution in [0.3, 0.4) is 0 Å². The number of amides is 1. The minimum Gasteiger partial charge on any atom is -0.339 e. The first-order valence-corrected chi connectivity index (χ1v) is 12.8. The van der Waals surface area contributed by atoms with Crippen LogP contribution in [0.15, 0.2) is 48.5 Å². The van der Waals surface area contributed by atoms with Crippen LogP contribution in [0, 0.1) is 17.2 Å². The van der Waals surface area contributed by atoms with Crippen LogP contribution in [-0.2, 0) is 21.2 Å². The lowest BCUT2D eigenvalue weighted by Gasteiger charge is -2.42. The first-order valence-electron chi connectivity index (χ1n) is 10.9. The summed E-state index contributed by atoms with van der Waals surface area (Å²) in [4.78, 5) is 12.7. The van der Waals surface area contributed by atoms with Crippen molar-refractivity contribution in [3.05, 3.63) is 54.1 Å². The van der Waals surface area contributed by atoms with Crippen LogP contribution >= 0.6 is 0 Å². The number of nitrogens with one attached hydrogen (secondary N) is 3. The minimum absolute atomic E-state index is 0.0645. The molecule has 2 bridgehead atoms. The molecule has 2 aromatic carbocycles. The number of anilines is 1. The summed E-state index contributed by atoms with van der Waals surface area (Å²) in [6, 6.07) is 16.9. The highest BCUT2D eigenvalue weighted by Crippen LogP contribution is 2.33. The minimum atomic E-state index is -3.30. The van der Waals surface area contributed by atoms with E-state index < -0.39 is 16.1 Å². The lowest BCUT2D eigenvalue weighted by Crippen LogP contribution is -2.59. The molecule has 3 aliphatic rings. The summed E-state index contributed by atoms with van der Waals surface area (Å²) >= 11 is 0. The first kappa shape index (κ1) is 22.3. The summed E-state index contributed by atoms with van der Waals surface area (Å²) in [6.45, 7) is 0. The van der Waals surface area contributed by atoms with E-state index in [9.17, 15) is 18.5 Å². The maximum absolute atomic E-state index is 12.7. The van der Waals surface area contributed by atoms with Crippen molar-refractivity contribution in [3.63, 3.8) is 0 Å². The zero-order valence-electron chi connectivity index (χ0n) is 18.0. The zero-order valence-corrected chi connectivity index (χ0v) is 18.9. The zero-order chi connectivity index (χ0) is 22.7. The number of nitrogens with zero attached hydrogens (tertiary/aromatic N) is 1. The van der Waals surface area contributed by atoms with Crippen molar-refractivity contribution in [1.82, 2.24) is 10.6 Å². The van der Waals surface area contributed by atoms with Gasteiger partial charge in [-0.3, -0.25) is 9.52 Å². The van der Waals surface area contributed by atoms with E-state index in [0.29, 0.717) is 24.1 Å². The third-order valence-electron chi connectivity index (χ3n) is 6.33. The average molecular weight is 453 g/mol. The molecule has 0 spiro atoms. The first-order chi connectivity index (χ1) is 15.3. The van der Waals surface area contributed by atoms with Gasteiger partial charge in [-0.25, -0.2) is 8.42 Å². The van der Waals surface area contributed by atoms with Gasteiger partial charge in [0.15, 0.2) is 0 Å². The van der Waals surface area contributed by atoms with Crippen LogP contribution in [0.25, 0.3) is 11.1 Å². The van der Waals surface area contributed by atoms with Crippen molar-refractivity contribution in [3.8, 4) is 17.2 Å². The van der Waals surface area contributed by atoms with Gasteiger partial charge in [-0.1, -0.05) is 36.4 Å². The van der Waals surface area contributed by atoms with E-state index in [1.165, 1.54) is 0 Å². The third-order valence-corrected chi connectivity index (χ3v) is 6.94. The summed E-state index contributed by atoms with van der Waals surface area (Å²) in [5, 5.41) is 15.9. The number of fused-ring (bicyclic) bond motifs is 3. The van der Waals surface area contributed by atoms with Crippen molar-refractivity contribution in [1.29, 1.82) is 5.26 Å². The Kier molecular flexibility index (Phi) is 6.49. The molecule has 2 atom stereocenters. The second-order valence-electron chi connectivity index (χ2n) is 8.80. The average Bonchev–Trinajstić information content (AvgIpc) is 2.79. The predicted molar refractivity (Wildman–Crippen MR) is 124 cm³/mol. The summed E-state index contributed by atoms with van der Waals surface area (Å²) in [5.74, 6) is 0.308. The van der Waals surface area contributed by atoms with E-state index in [4.69, 9.17) is 0 Å². The molecule has 2 saturated heterocycles. The van der Waals surface area contributed by atoms with Crippen LogP contribution in [-0.4, -0.2) is 38.7 Å². The Hall–Kier alpha value is -2.89. The molecule has 0 unspecified atom stereocenters. The fraction of sp³-hybridized carbons (Fsp3) is 0.417. The van der Waals surface area contributed by atoms with Gasteiger partial charge in [0.25, 0.3) is 0 Å². The number of carbonyl (C=O) groups excluding carboxylic acids is 1. The lowest BCUT2D eigenvalue weighted by atomic mass is 9.76. The second kappa shape index (κ2) is 9.31. The molecule has 7 nitrogen and oxygen atoms in total. The summed E-state index contributed by atoms with van der Waals surface area (Å²) in [7, 11) is -3.30. The molecule has 0 aromatic heterocycles. The fourth-order valence-corrected chi connectivity index (χ4v) is 5.27. The van der Waals surface area contributed by atoms with E-state index in [0.717, 1.165) is 48.6 Å². The standard InChI is InChI=1S/C24H28N4O3S/c1-32(30,31)28-21-12-6-18(7-13-21)17-4-2-16(3-5-17)14-22(15-25)27-24(29)23-19-8-10-20(26-23)11-9-19/h2-7,12-13,19-20,22-23,26,28H,8-11,14H2,1H3,(H,27,29)/t19?,20?,22-,23-/m0/s1. The molecule has 1 saturated carbocycles. The number of benzene rings is 2. The smallest absolute Gasteiger partial charge is 0.238 e. The van der Waals surface area contributed by atoms with Gasteiger partial charge in [0.2, 0.25) is 15.9 Å². The molecule has 2 aliphatic heterocycles. The molecular weight excluding hydrogens is 424 g/mol. The molecule has 8 heteroatoms. The Morgan fingerprint density at radius 2 is 1.66 bits per heavy atom. The number of nitriles is 1. The quantitative estimate of drug-likeness (QED) is 0.598. The van der Waals surface area contributed by atoms with Gasteiger partial charge in [0.05, 0.1) is 18.4 Å². The highest BCUT2D eigenvalue weighted by molar-refractivity contribution is 7.92. The Morgan fingerprint density at radius 1 is 1.06 bits per heavy atom. The summed E-state index contributed by atoms with van der Waals surface area (Å²) in [6.07, 6.45) is 6.01. The molecule has 168 valence electrons. The van der Waals surface area contributed by atoms with Crippen molar-refractivity contribution in [2.45, 2.75) is 50.2 Å². The fourth-order valence-electron chi connectivity index (χ4n) is 4.70. The van der Waals surface area contributed by atoms with Crippen LogP contribution in [0.5, 0.6) is 0 Å². The maximum Gasteiger partial charge on any atom is 0.238 e. The van der Waals surface area contributed by atoms with Crippen LogP contribution in [0.2, 0.25) is 0 Å². The monoisotopic (exact) mass is 452 g/mol. The molecule has 1 amide bonds. The molecule has 3 N–H and O–H groups in total. The number of carbonyl (C=O) groups is 1. The van der Waals surface area contributed by atoms with Crippen molar-refractivity contribution >= 4 is 21.6 Å². The van der Waals surface area contributed by atoms with Gasteiger partial charge in [0.1, 0.15) is 6.04 Å². The molecular formula is C24H28N4O3S. The largest absolute Gasteiger partial charge is 0.339 e. The number of hydrogen-bond donors (Lipinski definition) is 3. The van der Waals surface area contributed by atoms with Crippen LogP contribution in [0.1, 0.15) is 31.2 Å². The Bertz CT molecular complexity index is 1100. The predicted octanol–water partition coefficient (Wildman–Crippen LogP) is 2.81. The highest BCUT2D eigenvalue weighted by atomic mass is 32.2. The Labute approximate surface area is 189 Å². The van der Waals surface area contributed by atoms with Crippen molar-refractivity contribution in [2.24, 2.45) is 5.92 Å². The van der Waals surface area contributed by atoms with E-state index >= 15 is 0 Å². The van der Waals surface area contributed by atoms with Gasteiger partial charge >= 0.3 is 0 Å². The van der Waals surface area contributed by atoms with Gasteiger partial charge < -0.3 is 10.6 Å². The highest BCUT2D eigenvalue weighted by Gasteiger charge is 2.39. The SMILES string of the molecule is CS(=O)(=O)Nc1ccc(-c2ccc(C[C@@H](C#N)NC(=O)[C@H]3NC4CCC3CC4)cc2)cc1. The Morgan fingerprint density at radius 3 is 2.16 bits per heavy atom. The molecule has 3 fully saturated rings. The lowest BCUT2D eigenvalue weighted by molar-refractivity contribution is -0.127. The molecule has 1 aliphatic carbocycles. The van der Waals surface area contributed by atoms with E-state index in [-0.39, 0.29) is 11.9 Å². The van der Waals surface area contributed by atoms with Crippen molar-refractivity contribution < 1.29 is 13.2 Å². The van der Waals surface area contributed by atoms with E-state index in [1.54, 1.807) is 12.1 Å². The van der Waals surface area contributed by atoms with Crippen LogP contribution < -0.4 is 15.4 Å². The maximum atomic E-state index is 12.7. The summed E-state index contributed by atoms with van der Waals surface area (Å²) < 4.78 is 25.1. The normalized spacial score (nSPS) is 23.2. The molecule has 5 rings (SSSR count). The number of piperidine rings is 2. The molecule has 0 radical (unpaired) electrons. The van der Waals surface area contributed by atoms with E-state index in [2.05, 4.69) is 21.4 Å². The number of rotatable bonds is 7. The van der Waals surface area contributed by atoms with Crippen LogP contribution in [0.4, 0.5) is 5.69 Å². The number of sulfonamides is 1. The molecule has 2 heterocycles. The van der Waals surface area contributed by atoms with Gasteiger partial charge in [0, 0.05) is 18.2 Å². The van der Waals surface area contributed by atoms with Gasteiger partial charge in [-0.15, -0.1) is 0 Å². The van der Waals surface area contributed by atoms with Gasteiger partial charge in [-0.05, 0) is 60.4 Å². The Balaban J connectivity index is 1.36. The van der Waals surface area contributed by atoms with E-state index in [1.807, 2.05) is 36.4 Å². The molecule has 32 heavy (non-hydrogen) atoms. The topological polar surface area (TPSA) is 111 Å². The van der Waals surface area contributed by atoms with Crippen molar-refractivity contribution in [2.75, 3.05) is 11.0 Å². The number of hydrogen-bond acceptors (Lipinski definition) is 5. The second-order valence-corrected chi connectivity index (χ2v) is 10.5.